The van der Waals surface area contributed by atoms with Gasteiger partial charge in [0.15, 0.2) is 15.7 Å². The summed E-state index contributed by atoms with van der Waals surface area (Å²) in [6, 6.07) is 0. The van der Waals surface area contributed by atoms with E-state index in [1.165, 1.54) is 0 Å². The van der Waals surface area contributed by atoms with E-state index in [0.717, 1.165) is 6.26 Å². The highest BCUT2D eigenvalue weighted by Crippen LogP contribution is 2.11. The van der Waals surface area contributed by atoms with E-state index in [1.807, 2.05) is 0 Å². The Kier molecular flexibility index (Phi) is 4.22. The lowest BCUT2D eigenvalue weighted by atomic mass is 10.0. The van der Waals surface area contributed by atoms with E-state index in [2.05, 4.69) is 10.1 Å². The van der Waals surface area contributed by atoms with Crippen molar-refractivity contribution >= 4 is 15.8 Å². The standard InChI is InChI=1S/C9H14N2O5S/c1-6(4-9(12)13)3-8-10-7(11-16-8)5-17(2,14)15/h6H,3-5H2,1-2H3,(H,12,13). The first-order valence-corrected chi connectivity index (χ1v) is 7.03. The van der Waals surface area contributed by atoms with Crippen LogP contribution in [0.3, 0.4) is 0 Å². The highest BCUT2D eigenvalue weighted by atomic mass is 32.2. The van der Waals surface area contributed by atoms with Crippen molar-refractivity contribution in [3.63, 3.8) is 0 Å². The van der Waals surface area contributed by atoms with Crippen LogP contribution in [0.5, 0.6) is 0 Å². The lowest BCUT2D eigenvalue weighted by Gasteiger charge is -2.03. The lowest BCUT2D eigenvalue weighted by molar-refractivity contribution is -0.137. The highest BCUT2D eigenvalue weighted by Gasteiger charge is 2.15. The lowest BCUT2D eigenvalue weighted by Crippen LogP contribution is -2.07. The highest BCUT2D eigenvalue weighted by molar-refractivity contribution is 7.89. The maximum absolute atomic E-state index is 11.0. The van der Waals surface area contributed by atoms with Crippen LogP contribution in [0.25, 0.3) is 0 Å². The number of carboxylic acids is 1. The molecule has 1 unspecified atom stereocenters. The van der Waals surface area contributed by atoms with E-state index in [4.69, 9.17) is 9.63 Å². The maximum Gasteiger partial charge on any atom is 0.303 e. The fourth-order valence-electron chi connectivity index (χ4n) is 1.33. The van der Waals surface area contributed by atoms with Crippen molar-refractivity contribution < 1.29 is 22.8 Å². The van der Waals surface area contributed by atoms with E-state index in [1.54, 1.807) is 6.92 Å². The number of hydrogen-bond acceptors (Lipinski definition) is 6. The number of aliphatic carboxylic acids is 1. The number of carboxylic acid groups (broad SMARTS) is 1. The molecule has 0 saturated heterocycles. The quantitative estimate of drug-likeness (QED) is 0.783. The fraction of sp³-hybridized carbons (Fsp3) is 0.667. The Bertz CT molecular complexity index is 493. The summed E-state index contributed by atoms with van der Waals surface area (Å²) in [7, 11) is -3.19. The smallest absolute Gasteiger partial charge is 0.303 e. The minimum atomic E-state index is -3.19. The molecule has 8 heteroatoms. The minimum Gasteiger partial charge on any atom is -0.481 e. The molecule has 0 aliphatic heterocycles. The molecule has 1 heterocycles. The van der Waals surface area contributed by atoms with E-state index < -0.39 is 15.8 Å². The third-order valence-electron chi connectivity index (χ3n) is 1.95. The molecule has 1 aromatic rings. The third-order valence-corrected chi connectivity index (χ3v) is 2.73. The minimum absolute atomic E-state index is 0.00376. The first-order chi connectivity index (χ1) is 7.76. The molecule has 1 N–H and O–H groups in total. The van der Waals surface area contributed by atoms with Crippen LogP contribution >= 0.6 is 0 Å². The summed E-state index contributed by atoms with van der Waals surface area (Å²) in [6.45, 7) is 1.74. The molecule has 0 aromatic carbocycles. The predicted molar refractivity (Wildman–Crippen MR) is 58.0 cm³/mol. The molecule has 1 aromatic heterocycles. The van der Waals surface area contributed by atoms with Crippen LogP contribution in [0, 0.1) is 5.92 Å². The number of aromatic nitrogens is 2. The largest absolute Gasteiger partial charge is 0.481 e. The molecule has 0 spiro atoms. The van der Waals surface area contributed by atoms with Gasteiger partial charge in [0.05, 0.1) is 0 Å². The van der Waals surface area contributed by atoms with Gasteiger partial charge in [0.1, 0.15) is 5.75 Å². The molecule has 0 aliphatic carbocycles. The van der Waals surface area contributed by atoms with Crippen LogP contribution in [0.2, 0.25) is 0 Å². The average molecular weight is 262 g/mol. The molecule has 0 radical (unpaired) electrons. The van der Waals surface area contributed by atoms with Gasteiger partial charge in [-0.15, -0.1) is 0 Å². The summed E-state index contributed by atoms with van der Waals surface area (Å²) < 4.78 is 26.8. The van der Waals surface area contributed by atoms with Crippen molar-refractivity contribution in [2.45, 2.75) is 25.5 Å². The Labute approximate surface area is 98.8 Å². The Hall–Kier alpha value is -1.44. The van der Waals surface area contributed by atoms with Gasteiger partial charge in [0.2, 0.25) is 5.89 Å². The molecule has 0 fully saturated rings. The van der Waals surface area contributed by atoms with Gasteiger partial charge in [-0.2, -0.15) is 4.98 Å². The van der Waals surface area contributed by atoms with Gasteiger partial charge in [0, 0.05) is 19.1 Å². The molecule has 0 aliphatic rings. The Morgan fingerprint density at radius 3 is 2.71 bits per heavy atom. The molecule has 0 amide bonds. The number of sulfone groups is 1. The Balaban J connectivity index is 2.60. The summed E-state index contributed by atoms with van der Waals surface area (Å²) in [5.41, 5.74) is 0. The summed E-state index contributed by atoms with van der Waals surface area (Å²) in [5, 5.41) is 12.1. The zero-order valence-corrected chi connectivity index (χ0v) is 10.4. The number of rotatable bonds is 6. The first kappa shape index (κ1) is 13.6. The van der Waals surface area contributed by atoms with Crippen LogP contribution in [0.15, 0.2) is 4.52 Å². The predicted octanol–water partition coefficient (Wildman–Crippen LogP) is 0.268. The zero-order valence-electron chi connectivity index (χ0n) is 9.58. The van der Waals surface area contributed by atoms with Gasteiger partial charge >= 0.3 is 5.97 Å². The molecule has 0 saturated carbocycles. The third kappa shape index (κ3) is 5.43. The van der Waals surface area contributed by atoms with Crippen LogP contribution < -0.4 is 0 Å². The molecular formula is C9H14N2O5S. The summed E-state index contributed by atoms with van der Waals surface area (Å²) in [4.78, 5) is 14.3. The van der Waals surface area contributed by atoms with Crippen molar-refractivity contribution in [2.75, 3.05) is 6.26 Å². The van der Waals surface area contributed by atoms with Crippen molar-refractivity contribution in [2.24, 2.45) is 5.92 Å². The van der Waals surface area contributed by atoms with Crippen LogP contribution in [0.1, 0.15) is 25.1 Å². The monoisotopic (exact) mass is 262 g/mol. The van der Waals surface area contributed by atoms with Gasteiger partial charge in [-0.1, -0.05) is 12.1 Å². The molecule has 1 atom stereocenters. The van der Waals surface area contributed by atoms with Crippen LogP contribution in [0.4, 0.5) is 0 Å². The van der Waals surface area contributed by atoms with Crippen LogP contribution in [-0.2, 0) is 26.8 Å². The van der Waals surface area contributed by atoms with Crippen molar-refractivity contribution in [1.29, 1.82) is 0 Å². The number of hydrogen-bond donors (Lipinski definition) is 1. The summed E-state index contributed by atoms with van der Waals surface area (Å²) >= 11 is 0. The Morgan fingerprint density at radius 1 is 1.53 bits per heavy atom. The second-order valence-electron chi connectivity index (χ2n) is 4.08. The van der Waals surface area contributed by atoms with Gasteiger partial charge < -0.3 is 9.63 Å². The van der Waals surface area contributed by atoms with Crippen LogP contribution in [-0.4, -0.2) is 35.9 Å². The van der Waals surface area contributed by atoms with E-state index >= 15 is 0 Å². The molecule has 0 bridgehead atoms. The molecule has 17 heavy (non-hydrogen) atoms. The van der Waals surface area contributed by atoms with Gasteiger partial charge in [-0.3, -0.25) is 4.79 Å². The van der Waals surface area contributed by atoms with Gasteiger partial charge in [-0.05, 0) is 5.92 Å². The molecule has 96 valence electrons. The Morgan fingerprint density at radius 2 is 2.18 bits per heavy atom. The van der Waals surface area contributed by atoms with E-state index in [-0.39, 0.29) is 29.8 Å². The van der Waals surface area contributed by atoms with Crippen molar-refractivity contribution in [3.8, 4) is 0 Å². The van der Waals surface area contributed by atoms with Crippen molar-refractivity contribution in [1.82, 2.24) is 10.1 Å². The normalized spacial score (nSPS) is 13.5. The van der Waals surface area contributed by atoms with Gasteiger partial charge in [0.25, 0.3) is 0 Å². The SMILES string of the molecule is CC(CC(=O)O)Cc1nc(CS(C)(=O)=O)no1. The van der Waals surface area contributed by atoms with E-state index in [0.29, 0.717) is 6.42 Å². The summed E-state index contributed by atoms with van der Waals surface area (Å²) in [5.74, 6) is -0.945. The molecule has 7 nitrogen and oxygen atoms in total. The molecule has 1 rings (SSSR count). The first-order valence-electron chi connectivity index (χ1n) is 4.97. The van der Waals surface area contributed by atoms with Gasteiger partial charge in [-0.25, -0.2) is 8.42 Å². The van der Waals surface area contributed by atoms with E-state index in [9.17, 15) is 13.2 Å². The summed E-state index contributed by atoms with van der Waals surface area (Å²) in [6.07, 6.45) is 1.41. The second-order valence-corrected chi connectivity index (χ2v) is 6.22. The maximum atomic E-state index is 11.0. The van der Waals surface area contributed by atoms with Crippen molar-refractivity contribution in [3.05, 3.63) is 11.7 Å². The second kappa shape index (κ2) is 5.26. The molecular weight excluding hydrogens is 248 g/mol. The zero-order chi connectivity index (χ0) is 13.1. The average Bonchev–Trinajstić information content (AvgIpc) is 2.46. The number of carbonyl (C=O) groups is 1. The number of nitrogens with zero attached hydrogens (tertiary/aromatic N) is 2. The topological polar surface area (TPSA) is 110 Å². The fourth-order valence-corrected chi connectivity index (χ4v) is 1.92.